The Hall–Kier alpha value is -3.13. The average Bonchev–Trinajstić information content (AvgIpc) is 2.66. The lowest BCUT2D eigenvalue weighted by Gasteiger charge is -2.11. The van der Waals surface area contributed by atoms with Gasteiger partial charge in [-0.05, 0) is 34.7 Å². The molecule has 0 N–H and O–H groups in total. The number of hydrogen-bond donors (Lipinski definition) is 0. The van der Waals surface area contributed by atoms with Gasteiger partial charge in [-0.2, -0.15) is 0 Å². The van der Waals surface area contributed by atoms with Crippen LogP contribution in [0.1, 0.15) is 11.1 Å². The fraction of sp³-hybridized carbons (Fsp3) is 0.0870. The van der Waals surface area contributed by atoms with Crippen molar-refractivity contribution in [2.45, 2.75) is 0 Å². The highest BCUT2D eigenvalue weighted by molar-refractivity contribution is 6.07. The molecule has 0 saturated heterocycles. The molecule has 2 heteroatoms. The number of pyridine rings is 1. The van der Waals surface area contributed by atoms with Crippen molar-refractivity contribution in [3.63, 3.8) is 0 Å². The van der Waals surface area contributed by atoms with E-state index in [4.69, 9.17) is 0 Å². The molecular weight excluding hydrogens is 304 g/mol. The van der Waals surface area contributed by atoms with Gasteiger partial charge in [0.15, 0.2) is 0 Å². The summed E-state index contributed by atoms with van der Waals surface area (Å²) in [5, 5.41) is 3.61. The predicted molar refractivity (Wildman–Crippen MR) is 109 cm³/mol. The summed E-state index contributed by atoms with van der Waals surface area (Å²) in [6.45, 7) is 0. The van der Waals surface area contributed by atoms with Gasteiger partial charge in [0, 0.05) is 36.8 Å². The van der Waals surface area contributed by atoms with E-state index in [0.717, 1.165) is 5.52 Å². The summed E-state index contributed by atoms with van der Waals surface area (Å²) >= 11 is 0. The van der Waals surface area contributed by atoms with Gasteiger partial charge < -0.3 is 4.90 Å². The minimum Gasteiger partial charge on any atom is -0.378 e. The van der Waals surface area contributed by atoms with E-state index in [9.17, 15) is 0 Å². The molecule has 1 heterocycles. The van der Waals surface area contributed by atoms with Crippen LogP contribution in [0.25, 0.3) is 33.8 Å². The zero-order valence-corrected chi connectivity index (χ0v) is 14.5. The molecule has 0 atom stereocenters. The van der Waals surface area contributed by atoms with Gasteiger partial charge >= 0.3 is 0 Å². The molecule has 1 aromatic heterocycles. The van der Waals surface area contributed by atoms with E-state index in [-0.39, 0.29) is 0 Å². The molecule has 0 saturated carbocycles. The van der Waals surface area contributed by atoms with Gasteiger partial charge in [0.1, 0.15) is 0 Å². The fourth-order valence-electron chi connectivity index (χ4n) is 3.12. The highest BCUT2D eigenvalue weighted by Gasteiger charge is 2.04. The fourth-order valence-corrected chi connectivity index (χ4v) is 3.12. The summed E-state index contributed by atoms with van der Waals surface area (Å²) in [6.07, 6.45) is 6.22. The van der Waals surface area contributed by atoms with E-state index in [1.807, 2.05) is 6.20 Å². The minimum atomic E-state index is 1.06. The first-order valence-corrected chi connectivity index (χ1v) is 8.44. The molecule has 0 aliphatic rings. The molecule has 4 rings (SSSR count). The normalized spacial score (nSPS) is 11.4. The molecule has 0 amide bonds. The Morgan fingerprint density at radius 3 is 2.36 bits per heavy atom. The van der Waals surface area contributed by atoms with Crippen LogP contribution in [0.15, 0.2) is 72.9 Å². The van der Waals surface area contributed by atoms with Crippen LogP contribution in [0.2, 0.25) is 0 Å². The van der Waals surface area contributed by atoms with Gasteiger partial charge in [-0.15, -0.1) is 0 Å². The molecule has 0 bridgehead atoms. The van der Waals surface area contributed by atoms with E-state index in [1.165, 1.54) is 33.0 Å². The van der Waals surface area contributed by atoms with Gasteiger partial charge in [0.2, 0.25) is 0 Å². The molecule has 4 aromatic rings. The lowest BCUT2D eigenvalue weighted by atomic mass is 10.0. The lowest BCUT2D eigenvalue weighted by molar-refractivity contribution is 1.13. The van der Waals surface area contributed by atoms with Crippen LogP contribution < -0.4 is 4.90 Å². The van der Waals surface area contributed by atoms with Crippen molar-refractivity contribution in [3.05, 3.63) is 84.1 Å². The Kier molecular flexibility index (Phi) is 3.95. The maximum Gasteiger partial charge on any atom is 0.0786 e. The number of hydrogen-bond acceptors (Lipinski definition) is 2. The SMILES string of the molecule is CN(C)c1ccc(/C=C\c2ccnc3c2ccc2ccccc23)cc1. The number of fused-ring (bicyclic) bond motifs is 3. The van der Waals surface area contributed by atoms with Crippen LogP contribution in [0.5, 0.6) is 0 Å². The molecule has 0 radical (unpaired) electrons. The number of rotatable bonds is 3. The molecule has 0 fully saturated rings. The van der Waals surface area contributed by atoms with Crippen molar-refractivity contribution in [3.8, 4) is 0 Å². The van der Waals surface area contributed by atoms with Crippen LogP contribution in [-0.2, 0) is 0 Å². The number of benzene rings is 3. The summed E-state index contributed by atoms with van der Waals surface area (Å²) < 4.78 is 0. The van der Waals surface area contributed by atoms with Crippen LogP contribution in [0.3, 0.4) is 0 Å². The van der Waals surface area contributed by atoms with Crippen molar-refractivity contribution in [1.29, 1.82) is 0 Å². The van der Waals surface area contributed by atoms with Crippen LogP contribution in [-0.4, -0.2) is 19.1 Å². The number of anilines is 1. The standard InChI is InChI=1S/C23H20N2/c1-25(2)20-12-8-17(9-13-20)7-10-19-15-16-24-23-21-6-4-3-5-18(21)11-14-22(19)23/h3-16H,1-2H3/b10-7-. The first kappa shape index (κ1) is 15.4. The van der Waals surface area contributed by atoms with Gasteiger partial charge in [-0.1, -0.05) is 60.7 Å². The Labute approximate surface area is 148 Å². The van der Waals surface area contributed by atoms with Crippen molar-refractivity contribution in [1.82, 2.24) is 4.98 Å². The van der Waals surface area contributed by atoms with Crippen LogP contribution >= 0.6 is 0 Å². The summed E-state index contributed by atoms with van der Waals surface area (Å²) in [6, 6.07) is 23.4. The average molecular weight is 324 g/mol. The van der Waals surface area contributed by atoms with Crippen LogP contribution in [0, 0.1) is 0 Å². The maximum atomic E-state index is 4.62. The van der Waals surface area contributed by atoms with E-state index in [0.29, 0.717) is 0 Å². The summed E-state index contributed by atoms with van der Waals surface area (Å²) in [4.78, 5) is 6.72. The zero-order chi connectivity index (χ0) is 17.2. The predicted octanol–water partition coefficient (Wildman–Crippen LogP) is 5.62. The molecule has 2 nitrogen and oxygen atoms in total. The van der Waals surface area contributed by atoms with E-state index >= 15 is 0 Å². The van der Waals surface area contributed by atoms with Gasteiger partial charge in [-0.25, -0.2) is 0 Å². The third kappa shape index (κ3) is 2.99. The van der Waals surface area contributed by atoms with Gasteiger partial charge in [0.05, 0.1) is 5.52 Å². The van der Waals surface area contributed by atoms with Gasteiger partial charge in [-0.3, -0.25) is 4.98 Å². The minimum absolute atomic E-state index is 1.06. The smallest absolute Gasteiger partial charge is 0.0786 e. The Balaban J connectivity index is 1.75. The van der Waals surface area contributed by atoms with Crippen molar-refractivity contribution < 1.29 is 0 Å². The van der Waals surface area contributed by atoms with Crippen molar-refractivity contribution in [2.75, 3.05) is 19.0 Å². The first-order chi connectivity index (χ1) is 12.2. The van der Waals surface area contributed by atoms with Gasteiger partial charge in [0.25, 0.3) is 0 Å². The molecule has 0 aliphatic carbocycles. The monoisotopic (exact) mass is 324 g/mol. The molecule has 0 aliphatic heterocycles. The summed E-state index contributed by atoms with van der Waals surface area (Å²) in [5.74, 6) is 0. The third-order valence-corrected chi connectivity index (χ3v) is 4.53. The molecule has 122 valence electrons. The second-order valence-electron chi connectivity index (χ2n) is 6.40. The number of aromatic nitrogens is 1. The molecule has 0 spiro atoms. The van der Waals surface area contributed by atoms with Crippen molar-refractivity contribution in [2.24, 2.45) is 0 Å². The van der Waals surface area contributed by atoms with E-state index in [2.05, 4.69) is 103 Å². The third-order valence-electron chi connectivity index (χ3n) is 4.53. The highest BCUT2D eigenvalue weighted by Crippen LogP contribution is 2.27. The topological polar surface area (TPSA) is 16.1 Å². The lowest BCUT2D eigenvalue weighted by Crippen LogP contribution is -2.07. The maximum absolute atomic E-state index is 4.62. The second-order valence-corrected chi connectivity index (χ2v) is 6.40. The Morgan fingerprint density at radius 2 is 1.56 bits per heavy atom. The van der Waals surface area contributed by atoms with Crippen molar-refractivity contribution >= 4 is 39.5 Å². The molecule has 25 heavy (non-hydrogen) atoms. The number of nitrogens with zero attached hydrogens (tertiary/aromatic N) is 2. The summed E-state index contributed by atoms with van der Waals surface area (Å²) in [5.41, 5.74) is 4.64. The van der Waals surface area contributed by atoms with E-state index < -0.39 is 0 Å². The second kappa shape index (κ2) is 6.40. The summed E-state index contributed by atoms with van der Waals surface area (Å²) in [7, 11) is 4.11. The van der Waals surface area contributed by atoms with Crippen LogP contribution in [0.4, 0.5) is 5.69 Å². The van der Waals surface area contributed by atoms with E-state index in [1.54, 1.807) is 0 Å². The highest BCUT2D eigenvalue weighted by atomic mass is 15.1. The molecule has 0 unspecified atom stereocenters. The zero-order valence-electron chi connectivity index (χ0n) is 14.5. The Bertz CT molecular complexity index is 1060. The molecular formula is C23H20N2. The Morgan fingerprint density at radius 1 is 0.760 bits per heavy atom. The quantitative estimate of drug-likeness (QED) is 0.454. The molecule has 3 aromatic carbocycles. The first-order valence-electron chi connectivity index (χ1n) is 8.44. The largest absolute Gasteiger partial charge is 0.378 e.